The zero-order chi connectivity index (χ0) is 12.2. The van der Waals surface area contributed by atoms with Crippen molar-refractivity contribution in [1.29, 1.82) is 0 Å². The minimum Gasteiger partial charge on any atom is -0.312 e. The van der Waals surface area contributed by atoms with Crippen molar-refractivity contribution in [3.05, 3.63) is 33.4 Å². The molecule has 0 saturated carbocycles. The van der Waals surface area contributed by atoms with Gasteiger partial charge in [-0.15, -0.1) is 0 Å². The molecule has 1 N–H and O–H groups in total. The molecule has 0 aliphatic carbocycles. The lowest BCUT2D eigenvalue weighted by atomic mass is 9.99. The quantitative estimate of drug-likeness (QED) is 0.826. The average Bonchev–Trinajstić information content (AvgIpc) is 2.18. The minimum absolute atomic E-state index is 0.223. The maximum absolute atomic E-state index is 3.55. The Bertz CT molecular complexity index is 311. The normalized spacial score (nSPS) is 13.8. The van der Waals surface area contributed by atoms with Gasteiger partial charge in [-0.05, 0) is 79.9 Å². The molecule has 0 aliphatic heterocycles. The molecule has 0 aliphatic rings. The highest BCUT2D eigenvalue weighted by Crippen LogP contribution is 2.12. The Balaban J connectivity index is 2.39. The molecule has 0 fully saturated rings. The predicted molar refractivity (Wildman–Crippen MR) is 79.8 cm³/mol. The van der Waals surface area contributed by atoms with Crippen LogP contribution in [0.4, 0.5) is 0 Å². The highest BCUT2D eigenvalue weighted by molar-refractivity contribution is 14.1. The van der Waals surface area contributed by atoms with Gasteiger partial charge in [0.25, 0.3) is 0 Å². The van der Waals surface area contributed by atoms with Gasteiger partial charge in [-0.3, -0.25) is 0 Å². The Morgan fingerprint density at radius 2 is 1.75 bits per heavy atom. The van der Waals surface area contributed by atoms with Gasteiger partial charge in [0.05, 0.1) is 0 Å². The molecule has 1 nitrogen and oxygen atoms in total. The van der Waals surface area contributed by atoms with E-state index in [4.69, 9.17) is 0 Å². The zero-order valence-electron chi connectivity index (χ0n) is 10.7. The van der Waals surface area contributed by atoms with Crippen LogP contribution < -0.4 is 5.32 Å². The summed E-state index contributed by atoms with van der Waals surface area (Å²) in [5, 5.41) is 3.55. The first-order valence-corrected chi connectivity index (χ1v) is 6.94. The van der Waals surface area contributed by atoms with E-state index in [9.17, 15) is 0 Å². The van der Waals surface area contributed by atoms with Crippen molar-refractivity contribution in [2.24, 2.45) is 5.92 Å². The molecule has 0 spiro atoms. The molecule has 0 bridgehead atoms. The molecule has 1 aromatic rings. The second-order valence-electron chi connectivity index (χ2n) is 5.57. The van der Waals surface area contributed by atoms with Gasteiger partial charge in [0, 0.05) is 9.11 Å². The molecule has 0 aromatic heterocycles. The number of rotatable bonds is 4. The van der Waals surface area contributed by atoms with Gasteiger partial charge in [0.15, 0.2) is 0 Å². The van der Waals surface area contributed by atoms with E-state index in [0.717, 1.165) is 13.0 Å². The van der Waals surface area contributed by atoms with Crippen LogP contribution in [-0.4, -0.2) is 12.1 Å². The summed E-state index contributed by atoms with van der Waals surface area (Å²) in [4.78, 5) is 0. The summed E-state index contributed by atoms with van der Waals surface area (Å²) >= 11 is 2.34. The fourth-order valence-corrected chi connectivity index (χ4v) is 1.94. The standard InChI is InChI=1S/C14H22IN/c1-11(10-16-14(2,3)4)9-12-5-7-13(15)8-6-12/h5-8,11,16H,9-10H2,1-4H3. The van der Waals surface area contributed by atoms with E-state index in [-0.39, 0.29) is 5.54 Å². The molecule has 0 heterocycles. The van der Waals surface area contributed by atoms with Crippen molar-refractivity contribution < 1.29 is 0 Å². The van der Waals surface area contributed by atoms with Crippen molar-refractivity contribution in [2.45, 2.75) is 39.7 Å². The fraction of sp³-hybridized carbons (Fsp3) is 0.571. The van der Waals surface area contributed by atoms with E-state index in [1.807, 2.05) is 0 Å². The van der Waals surface area contributed by atoms with Gasteiger partial charge < -0.3 is 5.32 Å². The molecule has 1 atom stereocenters. The second-order valence-corrected chi connectivity index (χ2v) is 6.81. The Kier molecular flexibility index (Phi) is 5.25. The van der Waals surface area contributed by atoms with Gasteiger partial charge in [-0.2, -0.15) is 0 Å². The van der Waals surface area contributed by atoms with Gasteiger partial charge in [-0.25, -0.2) is 0 Å². The summed E-state index contributed by atoms with van der Waals surface area (Å²) in [7, 11) is 0. The lowest BCUT2D eigenvalue weighted by Crippen LogP contribution is -2.39. The summed E-state index contributed by atoms with van der Waals surface area (Å²) < 4.78 is 1.31. The Morgan fingerprint density at radius 3 is 2.25 bits per heavy atom. The third-order valence-electron chi connectivity index (χ3n) is 2.48. The van der Waals surface area contributed by atoms with Crippen molar-refractivity contribution in [3.63, 3.8) is 0 Å². The van der Waals surface area contributed by atoms with Crippen LogP contribution in [0.5, 0.6) is 0 Å². The van der Waals surface area contributed by atoms with E-state index < -0.39 is 0 Å². The topological polar surface area (TPSA) is 12.0 Å². The van der Waals surface area contributed by atoms with Gasteiger partial charge in [0.2, 0.25) is 0 Å². The third kappa shape index (κ3) is 5.85. The molecule has 1 rings (SSSR count). The number of hydrogen-bond acceptors (Lipinski definition) is 1. The van der Waals surface area contributed by atoms with Crippen LogP contribution in [0.2, 0.25) is 0 Å². The molecule has 0 amide bonds. The largest absolute Gasteiger partial charge is 0.312 e. The molecule has 0 radical (unpaired) electrons. The first-order valence-electron chi connectivity index (χ1n) is 5.86. The minimum atomic E-state index is 0.223. The monoisotopic (exact) mass is 331 g/mol. The first kappa shape index (κ1) is 14.0. The molecule has 0 saturated heterocycles. The average molecular weight is 331 g/mol. The lowest BCUT2D eigenvalue weighted by molar-refractivity contribution is 0.381. The summed E-state index contributed by atoms with van der Waals surface area (Å²) in [5.74, 6) is 0.680. The Morgan fingerprint density at radius 1 is 1.19 bits per heavy atom. The van der Waals surface area contributed by atoms with Crippen LogP contribution >= 0.6 is 22.6 Å². The fourth-order valence-electron chi connectivity index (χ4n) is 1.58. The first-order chi connectivity index (χ1) is 7.37. The smallest absolute Gasteiger partial charge is 0.0130 e. The van der Waals surface area contributed by atoms with E-state index in [1.54, 1.807) is 0 Å². The van der Waals surface area contributed by atoms with Gasteiger partial charge >= 0.3 is 0 Å². The number of halogens is 1. The predicted octanol–water partition coefficient (Wildman–Crippen LogP) is 3.86. The SMILES string of the molecule is CC(CNC(C)(C)C)Cc1ccc(I)cc1. The van der Waals surface area contributed by atoms with Crippen LogP contribution in [-0.2, 0) is 6.42 Å². The van der Waals surface area contributed by atoms with Crippen LogP contribution in [0.1, 0.15) is 33.3 Å². The number of hydrogen-bond donors (Lipinski definition) is 1. The highest BCUT2D eigenvalue weighted by atomic mass is 127. The molecule has 2 heteroatoms. The lowest BCUT2D eigenvalue weighted by Gasteiger charge is -2.23. The molecule has 16 heavy (non-hydrogen) atoms. The maximum atomic E-state index is 3.55. The summed E-state index contributed by atoms with van der Waals surface area (Å²) in [6.07, 6.45) is 1.15. The molecular weight excluding hydrogens is 309 g/mol. The molecule has 1 aromatic carbocycles. The zero-order valence-corrected chi connectivity index (χ0v) is 12.8. The Hall–Kier alpha value is -0.0900. The summed E-state index contributed by atoms with van der Waals surface area (Å²) in [6.45, 7) is 10.0. The van der Waals surface area contributed by atoms with Crippen molar-refractivity contribution in [1.82, 2.24) is 5.32 Å². The summed E-state index contributed by atoms with van der Waals surface area (Å²) in [5.41, 5.74) is 1.66. The van der Waals surface area contributed by atoms with Crippen molar-refractivity contribution in [2.75, 3.05) is 6.54 Å². The number of benzene rings is 1. The van der Waals surface area contributed by atoms with E-state index >= 15 is 0 Å². The Labute approximate surface area is 113 Å². The van der Waals surface area contributed by atoms with Crippen LogP contribution in [0, 0.1) is 9.49 Å². The van der Waals surface area contributed by atoms with Crippen LogP contribution in [0.15, 0.2) is 24.3 Å². The third-order valence-corrected chi connectivity index (χ3v) is 3.20. The van der Waals surface area contributed by atoms with Crippen molar-refractivity contribution >= 4 is 22.6 Å². The van der Waals surface area contributed by atoms with Crippen LogP contribution in [0.3, 0.4) is 0 Å². The summed E-state index contributed by atoms with van der Waals surface area (Å²) in [6, 6.07) is 8.82. The van der Waals surface area contributed by atoms with Gasteiger partial charge in [-0.1, -0.05) is 19.1 Å². The van der Waals surface area contributed by atoms with E-state index in [1.165, 1.54) is 9.13 Å². The van der Waals surface area contributed by atoms with Gasteiger partial charge in [0.1, 0.15) is 0 Å². The van der Waals surface area contributed by atoms with E-state index in [2.05, 4.69) is 79.9 Å². The maximum Gasteiger partial charge on any atom is 0.0130 e. The molecule has 1 unspecified atom stereocenters. The van der Waals surface area contributed by atoms with E-state index in [0.29, 0.717) is 5.92 Å². The molecule has 90 valence electrons. The molecular formula is C14H22IN. The second kappa shape index (κ2) is 6.01. The van der Waals surface area contributed by atoms with Crippen LogP contribution in [0.25, 0.3) is 0 Å². The highest BCUT2D eigenvalue weighted by Gasteiger charge is 2.11. The number of nitrogens with one attached hydrogen (secondary N) is 1. The van der Waals surface area contributed by atoms with Crippen molar-refractivity contribution in [3.8, 4) is 0 Å².